The Bertz CT molecular complexity index is 438. The minimum atomic E-state index is -0.278. The Morgan fingerprint density at radius 2 is 2.26 bits per heavy atom. The van der Waals surface area contributed by atoms with E-state index in [9.17, 15) is 4.39 Å². The summed E-state index contributed by atoms with van der Waals surface area (Å²) >= 11 is 0. The van der Waals surface area contributed by atoms with Crippen molar-refractivity contribution >= 4 is 5.82 Å². The molecule has 104 valence electrons. The molecular formula is C15H22FN3. The first-order valence-corrected chi connectivity index (χ1v) is 6.65. The van der Waals surface area contributed by atoms with Gasteiger partial charge in [0.1, 0.15) is 0 Å². The SMILES string of the molecule is C#CCN(CCC)c1nccc(CNC(C)C)c1F. The highest BCUT2D eigenvalue weighted by atomic mass is 19.1. The Balaban J connectivity index is 2.94. The molecule has 1 rings (SSSR count). The Labute approximate surface area is 115 Å². The van der Waals surface area contributed by atoms with Gasteiger partial charge in [-0.05, 0) is 12.5 Å². The molecule has 0 spiro atoms. The summed E-state index contributed by atoms with van der Waals surface area (Å²) < 4.78 is 14.4. The first kappa shape index (κ1) is 15.5. The second-order valence-electron chi connectivity index (χ2n) is 4.77. The molecule has 0 unspecified atom stereocenters. The average molecular weight is 263 g/mol. The van der Waals surface area contributed by atoms with E-state index in [1.54, 1.807) is 17.2 Å². The molecular weight excluding hydrogens is 241 g/mol. The lowest BCUT2D eigenvalue weighted by Gasteiger charge is -2.22. The maximum absolute atomic E-state index is 14.4. The van der Waals surface area contributed by atoms with Gasteiger partial charge in [-0.25, -0.2) is 9.37 Å². The Morgan fingerprint density at radius 1 is 1.53 bits per heavy atom. The van der Waals surface area contributed by atoms with Gasteiger partial charge in [0.15, 0.2) is 11.6 Å². The summed E-state index contributed by atoms with van der Waals surface area (Å²) in [6, 6.07) is 2.02. The van der Waals surface area contributed by atoms with Gasteiger partial charge >= 0.3 is 0 Å². The van der Waals surface area contributed by atoms with Crippen molar-refractivity contribution in [2.24, 2.45) is 0 Å². The third-order valence-electron chi connectivity index (χ3n) is 2.73. The van der Waals surface area contributed by atoms with Crippen LogP contribution in [0.4, 0.5) is 10.2 Å². The summed E-state index contributed by atoms with van der Waals surface area (Å²) in [6.07, 6.45) is 7.86. The molecule has 3 nitrogen and oxygen atoms in total. The van der Waals surface area contributed by atoms with Crippen molar-refractivity contribution in [3.05, 3.63) is 23.6 Å². The quantitative estimate of drug-likeness (QED) is 0.766. The standard InChI is InChI=1S/C15H22FN3/c1-5-9-19(10-6-2)15-14(16)13(7-8-17-15)11-18-12(3)4/h1,7-8,12,18H,6,9-11H2,2-4H3. The second-order valence-corrected chi connectivity index (χ2v) is 4.77. The molecule has 0 aromatic carbocycles. The van der Waals surface area contributed by atoms with E-state index in [0.29, 0.717) is 37.1 Å². The molecule has 0 saturated heterocycles. The fourth-order valence-corrected chi connectivity index (χ4v) is 1.78. The number of anilines is 1. The normalized spacial score (nSPS) is 10.5. The molecule has 0 bridgehead atoms. The van der Waals surface area contributed by atoms with E-state index >= 15 is 0 Å². The lowest BCUT2D eigenvalue weighted by Crippen LogP contribution is -2.28. The molecule has 0 saturated carbocycles. The van der Waals surface area contributed by atoms with E-state index in [-0.39, 0.29) is 5.82 Å². The number of nitrogens with zero attached hydrogens (tertiary/aromatic N) is 2. The largest absolute Gasteiger partial charge is 0.343 e. The van der Waals surface area contributed by atoms with Crippen molar-refractivity contribution in [3.8, 4) is 12.3 Å². The van der Waals surface area contributed by atoms with Crippen molar-refractivity contribution < 1.29 is 4.39 Å². The molecule has 0 radical (unpaired) electrons. The highest BCUT2D eigenvalue weighted by Gasteiger charge is 2.15. The van der Waals surface area contributed by atoms with Gasteiger partial charge < -0.3 is 10.2 Å². The summed E-state index contributed by atoms with van der Waals surface area (Å²) in [5, 5.41) is 3.21. The van der Waals surface area contributed by atoms with Crippen LogP contribution in [0.2, 0.25) is 0 Å². The molecule has 4 heteroatoms. The smallest absolute Gasteiger partial charge is 0.170 e. The molecule has 0 aliphatic heterocycles. The number of nitrogens with one attached hydrogen (secondary N) is 1. The fourth-order valence-electron chi connectivity index (χ4n) is 1.78. The van der Waals surface area contributed by atoms with Gasteiger partial charge in [0.25, 0.3) is 0 Å². The van der Waals surface area contributed by atoms with Crippen molar-refractivity contribution in [1.29, 1.82) is 0 Å². The molecule has 0 atom stereocenters. The summed E-state index contributed by atoms with van der Waals surface area (Å²) in [4.78, 5) is 5.93. The number of pyridine rings is 1. The van der Waals surface area contributed by atoms with Crippen LogP contribution in [-0.4, -0.2) is 24.1 Å². The topological polar surface area (TPSA) is 28.2 Å². The fraction of sp³-hybridized carbons (Fsp3) is 0.533. The molecule has 1 heterocycles. The van der Waals surface area contributed by atoms with Crippen LogP contribution in [0.1, 0.15) is 32.8 Å². The molecule has 1 N–H and O–H groups in total. The summed E-state index contributed by atoms with van der Waals surface area (Å²) in [5.41, 5.74) is 0.622. The Morgan fingerprint density at radius 3 is 2.84 bits per heavy atom. The van der Waals surface area contributed by atoms with Crippen LogP contribution in [0.15, 0.2) is 12.3 Å². The molecule has 0 aliphatic rings. The third kappa shape index (κ3) is 4.53. The van der Waals surface area contributed by atoms with Crippen molar-refractivity contribution in [1.82, 2.24) is 10.3 Å². The van der Waals surface area contributed by atoms with Gasteiger partial charge in [0, 0.05) is 30.9 Å². The predicted molar refractivity (Wildman–Crippen MR) is 77.5 cm³/mol. The van der Waals surface area contributed by atoms with E-state index in [1.165, 1.54) is 0 Å². The minimum Gasteiger partial charge on any atom is -0.343 e. The lowest BCUT2D eigenvalue weighted by atomic mass is 10.2. The van der Waals surface area contributed by atoms with Crippen molar-refractivity contribution in [2.75, 3.05) is 18.0 Å². The Hall–Kier alpha value is -1.60. The van der Waals surface area contributed by atoms with Crippen LogP contribution in [0.5, 0.6) is 0 Å². The maximum atomic E-state index is 14.4. The second kappa shape index (κ2) is 7.75. The summed E-state index contributed by atoms with van der Waals surface area (Å²) in [6.45, 7) is 7.66. The number of terminal acetylenes is 1. The maximum Gasteiger partial charge on any atom is 0.170 e. The monoisotopic (exact) mass is 263 g/mol. The van der Waals surface area contributed by atoms with Crippen LogP contribution in [0.25, 0.3) is 0 Å². The van der Waals surface area contributed by atoms with Crippen LogP contribution in [0, 0.1) is 18.2 Å². The van der Waals surface area contributed by atoms with E-state index in [1.807, 2.05) is 20.8 Å². The molecule has 0 fully saturated rings. The van der Waals surface area contributed by atoms with E-state index < -0.39 is 0 Å². The minimum absolute atomic E-state index is 0.278. The average Bonchev–Trinajstić information content (AvgIpc) is 2.37. The van der Waals surface area contributed by atoms with Crippen LogP contribution >= 0.6 is 0 Å². The molecule has 1 aromatic heterocycles. The first-order chi connectivity index (χ1) is 9.10. The van der Waals surface area contributed by atoms with E-state index in [2.05, 4.69) is 16.2 Å². The van der Waals surface area contributed by atoms with Gasteiger partial charge in [-0.3, -0.25) is 0 Å². The van der Waals surface area contributed by atoms with Gasteiger partial charge in [0.05, 0.1) is 6.54 Å². The van der Waals surface area contributed by atoms with Gasteiger partial charge in [-0.15, -0.1) is 6.42 Å². The van der Waals surface area contributed by atoms with Crippen LogP contribution < -0.4 is 10.2 Å². The number of rotatable bonds is 7. The van der Waals surface area contributed by atoms with Crippen LogP contribution in [-0.2, 0) is 6.54 Å². The van der Waals surface area contributed by atoms with Crippen molar-refractivity contribution in [2.45, 2.75) is 39.8 Å². The summed E-state index contributed by atoms with van der Waals surface area (Å²) in [7, 11) is 0. The van der Waals surface area contributed by atoms with Crippen molar-refractivity contribution in [3.63, 3.8) is 0 Å². The van der Waals surface area contributed by atoms with Gasteiger partial charge in [-0.1, -0.05) is 26.7 Å². The van der Waals surface area contributed by atoms with Gasteiger partial charge in [-0.2, -0.15) is 0 Å². The molecule has 19 heavy (non-hydrogen) atoms. The zero-order chi connectivity index (χ0) is 14.3. The first-order valence-electron chi connectivity index (χ1n) is 6.65. The van der Waals surface area contributed by atoms with Crippen LogP contribution in [0.3, 0.4) is 0 Å². The predicted octanol–water partition coefficient (Wildman–Crippen LogP) is 2.57. The number of aromatic nitrogens is 1. The van der Waals surface area contributed by atoms with E-state index in [4.69, 9.17) is 6.42 Å². The van der Waals surface area contributed by atoms with Gasteiger partial charge in [0.2, 0.25) is 0 Å². The molecule has 0 amide bonds. The third-order valence-corrected chi connectivity index (χ3v) is 2.73. The molecule has 1 aromatic rings. The number of halogens is 1. The highest BCUT2D eigenvalue weighted by molar-refractivity contribution is 5.44. The zero-order valence-electron chi connectivity index (χ0n) is 11.9. The van der Waals surface area contributed by atoms with E-state index in [0.717, 1.165) is 6.42 Å². The number of hydrogen-bond donors (Lipinski definition) is 1. The summed E-state index contributed by atoms with van der Waals surface area (Å²) in [5.74, 6) is 2.62. The number of hydrogen-bond acceptors (Lipinski definition) is 3. The Kier molecular flexibility index (Phi) is 6.31. The molecule has 0 aliphatic carbocycles. The zero-order valence-corrected chi connectivity index (χ0v) is 11.9. The lowest BCUT2D eigenvalue weighted by molar-refractivity contribution is 0.547. The highest BCUT2D eigenvalue weighted by Crippen LogP contribution is 2.19.